The average Bonchev–Trinajstić information content (AvgIpc) is 2.59. The van der Waals surface area contributed by atoms with Crippen LogP contribution in [0.1, 0.15) is 24.0 Å². The van der Waals surface area contributed by atoms with Crippen molar-refractivity contribution in [3.05, 3.63) is 77.5 Å². The molecule has 0 spiro atoms. The Bertz CT molecular complexity index is 813. The molecule has 0 bridgehead atoms. The maximum Gasteiger partial charge on any atom is 0.240 e. The number of rotatable bonds is 9. The Morgan fingerprint density at radius 3 is 2.31 bits per heavy atom. The molecule has 0 saturated carbocycles. The van der Waals surface area contributed by atoms with Crippen molar-refractivity contribution in [2.45, 2.75) is 43.8 Å². The third-order valence-electron chi connectivity index (χ3n) is 4.24. The van der Waals surface area contributed by atoms with Gasteiger partial charge in [-0.2, -0.15) is 0 Å². The molecular formula is C21H29NO2SSi. The molecule has 1 N–H and O–H groups in total. The summed E-state index contributed by atoms with van der Waals surface area (Å²) in [6.07, 6.45) is 3.91. The van der Waals surface area contributed by atoms with E-state index in [2.05, 4.69) is 53.9 Å². The topological polar surface area (TPSA) is 46.2 Å². The Hall–Kier alpha value is -1.69. The van der Waals surface area contributed by atoms with Crippen molar-refractivity contribution in [2.75, 3.05) is 6.54 Å². The average molecular weight is 388 g/mol. The number of sulfonamides is 1. The zero-order chi connectivity index (χ0) is 19.0. The van der Waals surface area contributed by atoms with Crippen LogP contribution in [0.25, 0.3) is 0 Å². The molecule has 0 aliphatic rings. The molecule has 0 unspecified atom stereocenters. The highest BCUT2D eigenvalue weighted by Crippen LogP contribution is 2.14. The summed E-state index contributed by atoms with van der Waals surface area (Å²) in [4.78, 5) is 0.329. The molecule has 0 amide bonds. The van der Waals surface area contributed by atoms with E-state index in [1.807, 2.05) is 25.1 Å². The van der Waals surface area contributed by atoms with Gasteiger partial charge in [-0.05, 0) is 37.9 Å². The SMILES string of the molecule is Cc1ccc(S(=O)(=O)NCCC/C=C\[Si](C)(C)Cc2ccccc2)cc1. The van der Waals surface area contributed by atoms with Crippen LogP contribution in [0.4, 0.5) is 0 Å². The van der Waals surface area contributed by atoms with Gasteiger partial charge >= 0.3 is 0 Å². The van der Waals surface area contributed by atoms with E-state index in [-0.39, 0.29) is 0 Å². The van der Waals surface area contributed by atoms with Gasteiger partial charge in [-0.1, -0.05) is 78.5 Å². The molecule has 2 aromatic carbocycles. The fourth-order valence-electron chi connectivity index (χ4n) is 2.81. The molecule has 2 rings (SSSR count). The van der Waals surface area contributed by atoms with Crippen LogP contribution in [0.5, 0.6) is 0 Å². The molecule has 3 nitrogen and oxygen atoms in total. The molecule has 0 aliphatic carbocycles. The van der Waals surface area contributed by atoms with Gasteiger partial charge in [-0.3, -0.25) is 0 Å². The van der Waals surface area contributed by atoms with Crippen molar-refractivity contribution in [2.24, 2.45) is 0 Å². The largest absolute Gasteiger partial charge is 0.240 e. The van der Waals surface area contributed by atoms with E-state index in [9.17, 15) is 8.42 Å². The minimum Gasteiger partial charge on any atom is -0.211 e. The summed E-state index contributed by atoms with van der Waals surface area (Å²) in [5, 5.41) is 0. The standard InChI is InChI=1S/C21H29NO2SSi/c1-19-12-14-21(15-13-19)25(23,24)22-16-8-5-9-17-26(2,3)18-20-10-6-4-7-11-20/h4,6-7,9-15,17,22H,5,8,16,18H2,1-3H3/b17-9-. The maximum absolute atomic E-state index is 12.2. The highest BCUT2D eigenvalue weighted by atomic mass is 32.2. The van der Waals surface area contributed by atoms with Crippen molar-refractivity contribution in [1.29, 1.82) is 0 Å². The molecule has 0 heterocycles. The Balaban J connectivity index is 1.75. The summed E-state index contributed by atoms with van der Waals surface area (Å²) in [7, 11) is -4.82. The van der Waals surface area contributed by atoms with Crippen molar-refractivity contribution in [3.8, 4) is 0 Å². The third-order valence-corrected chi connectivity index (χ3v) is 8.18. The lowest BCUT2D eigenvalue weighted by Gasteiger charge is -2.17. The Labute approximate surface area is 159 Å². The van der Waals surface area contributed by atoms with Crippen molar-refractivity contribution < 1.29 is 8.42 Å². The lowest BCUT2D eigenvalue weighted by Crippen LogP contribution is -2.26. The van der Waals surface area contributed by atoms with E-state index in [1.165, 1.54) is 5.56 Å². The number of hydrogen-bond donors (Lipinski definition) is 1. The van der Waals surface area contributed by atoms with Gasteiger partial charge in [0.15, 0.2) is 0 Å². The normalized spacial score (nSPS) is 12.6. The second kappa shape index (κ2) is 9.30. The summed E-state index contributed by atoms with van der Waals surface area (Å²) in [6.45, 7) is 7.12. The van der Waals surface area contributed by atoms with E-state index in [0.29, 0.717) is 11.4 Å². The van der Waals surface area contributed by atoms with Crippen LogP contribution in [0, 0.1) is 6.92 Å². The summed E-state index contributed by atoms with van der Waals surface area (Å²) < 4.78 is 27.1. The number of hydrogen-bond acceptors (Lipinski definition) is 2. The molecule has 0 fully saturated rings. The Kier molecular flexibility index (Phi) is 7.38. The smallest absolute Gasteiger partial charge is 0.211 e. The molecule has 26 heavy (non-hydrogen) atoms. The van der Waals surface area contributed by atoms with Crippen molar-refractivity contribution in [3.63, 3.8) is 0 Å². The number of unbranched alkanes of at least 4 members (excludes halogenated alkanes) is 1. The van der Waals surface area contributed by atoms with Crippen molar-refractivity contribution in [1.82, 2.24) is 4.72 Å². The molecule has 5 heteroatoms. The predicted molar refractivity (Wildman–Crippen MR) is 112 cm³/mol. The number of aryl methyl sites for hydroxylation is 1. The predicted octanol–water partition coefficient (Wildman–Crippen LogP) is 4.64. The highest BCUT2D eigenvalue weighted by Gasteiger charge is 2.17. The van der Waals surface area contributed by atoms with Crippen LogP contribution in [0.15, 0.2) is 71.3 Å². The van der Waals surface area contributed by atoms with E-state index in [0.717, 1.165) is 24.4 Å². The van der Waals surface area contributed by atoms with Gasteiger partial charge in [0.05, 0.1) is 13.0 Å². The van der Waals surface area contributed by atoms with Gasteiger partial charge in [-0.25, -0.2) is 13.1 Å². The van der Waals surface area contributed by atoms with Crippen LogP contribution in [-0.4, -0.2) is 23.0 Å². The van der Waals surface area contributed by atoms with Crippen molar-refractivity contribution >= 4 is 18.1 Å². The third kappa shape index (κ3) is 6.90. The summed E-state index contributed by atoms with van der Waals surface area (Å²) in [6, 6.07) is 18.6. The lowest BCUT2D eigenvalue weighted by molar-refractivity contribution is 0.579. The van der Waals surface area contributed by atoms with Gasteiger partial charge in [0.2, 0.25) is 10.0 Å². The molecule has 0 saturated heterocycles. The molecule has 0 atom stereocenters. The molecular weight excluding hydrogens is 358 g/mol. The summed E-state index contributed by atoms with van der Waals surface area (Å²) in [5.74, 6) is 0. The fraction of sp³-hybridized carbons (Fsp3) is 0.333. The molecule has 0 aromatic heterocycles. The van der Waals surface area contributed by atoms with Gasteiger partial charge in [0, 0.05) is 6.54 Å². The van der Waals surface area contributed by atoms with E-state index in [1.54, 1.807) is 12.1 Å². The second-order valence-corrected chi connectivity index (χ2v) is 13.8. The van der Waals surface area contributed by atoms with E-state index >= 15 is 0 Å². The lowest BCUT2D eigenvalue weighted by atomic mass is 10.2. The maximum atomic E-state index is 12.2. The van der Waals surface area contributed by atoms with Crippen LogP contribution >= 0.6 is 0 Å². The minimum absolute atomic E-state index is 0.329. The van der Waals surface area contributed by atoms with Crippen LogP contribution in [-0.2, 0) is 16.1 Å². The van der Waals surface area contributed by atoms with Crippen LogP contribution in [0.2, 0.25) is 13.1 Å². The van der Waals surface area contributed by atoms with Gasteiger partial charge < -0.3 is 0 Å². The highest BCUT2D eigenvalue weighted by molar-refractivity contribution is 7.89. The molecule has 0 radical (unpaired) electrons. The van der Waals surface area contributed by atoms with Gasteiger partial charge in [-0.15, -0.1) is 0 Å². The summed E-state index contributed by atoms with van der Waals surface area (Å²) >= 11 is 0. The first kappa shape index (κ1) is 20.6. The fourth-order valence-corrected chi connectivity index (χ4v) is 6.10. The second-order valence-electron chi connectivity index (χ2n) is 7.41. The summed E-state index contributed by atoms with van der Waals surface area (Å²) in [5.41, 5.74) is 4.81. The molecule has 0 aliphatic heterocycles. The van der Waals surface area contributed by atoms with E-state index < -0.39 is 18.1 Å². The monoisotopic (exact) mass is 387 g/mol. The number of benzene rings is 2. The Morgan fingerprint density at radius 1 is 1.00 bits per heavy atom. The Morgan fingerprint density at radius 2 is 1.65 bits per heavy atom. The van der Waals surface area contributed by atoms with Crippen LogP contribution < -0.4 is 4.72 Å². The molecule has 2 aromatic rings. The number of nitrogens with one attached hydrogen (secondary N) is 1. The zero-order valence-corrected chi connectivity index (χ0v) is 17.7. The first-order chi connectivity index (χ1) is 12.3. The minimum atomic E-state index is -3.40. The van der Waals surface area contributed by atoms with Gasteiger partial charge in [0.25, 0.3) is 0 Å². The van der Waals surface area contributed by atoms with Crippen LogP contribution in [0.3, 0.4) is 0 Å². The quantitative estimate of drug-likeness (QED) is 0.503. The zero-order valence-electron chi connectivity index (χ0n) is 15.9. The first-order valence-electron chi connectivity index (χ1n) is 9.06. The van der Waals surface area contributed by atoms with E-state index in [4.69, 9.17) is 0 Å². The first-order valence-corrected chi connectivity index (χ1v) is 13.8. The van der Waals surface area contributed by atoms with Gasteiger partial charge in [0.1, 0.15) is 0 Å². The number of allylic oxidation sites excluding steroid dienone is 1. The molecule has 140 valence electrons.